The molecule has 0 spiro atoms. The lowest BCUT2D eigenvalue weighted by molar-refractivity contribution is -0.149. The minimum Gasteiger partial charge on any atom is -0.496 e. The largest absolute Gasteiger partial charge is 0.496 e. The van der Waals surface area contributed by atoms with E-state index in [1.165, 1.54) is 7.11 Å². The van der Waals surface area contributed by atoms with Gasteiger partial charge in [-0.1, -0.05) is 30.4 Å². The van der Waals surface area contributed by atoms with Gasteiger partial charge < -0.3 is 19.5 Å². The van der Waals surface area contributed by atoms with Crippen molar-refractivity contribution >= 4 is 12.0 Å². The first-order valence-corrected chi connectivity index (χ1v) is 9.57. The van der Waals surface area contributed by atoms with Gasteiger partial charge in [0.05, 0.1) is 12.7 Å². The molecule has 27 heavy (non-hydrogen) atoms. The van der Waals surface area contributed by atoms with Gasteiger partial charge >= 0.3 is 0 Å². The maximum atomic E-state index is 12.1. The smallest absolute Gasteiger partial charge is 0.248 e. The Bertz CT molecular complexity index is 678. The zero-order valence-corrected chi connectivity index (χ0v) is 16.3. The molecule has 0 saturated carbocycles. The van der Waals surface area contributed by atoms with Gasteiger partial charge in [-0.2, -0.15) is 0 Å². The molecule has 2 aliphatic rings. The van der Waals surface area contributed by atoms with Crippen molar-refractivity contribution in [3.05, 3.63) is 35.9 Å². The quantitative estimate of drug-likeness (QED) is 0.820. The summed E-state index contributed by atoms with van der Waals surface area (Å²) in [5.41, 5.74) is 0.412. The maximum Gasteiger partial charge on any atom is 0.248 e. The number of hydrogen-bond acceptors (Lipinski definition) is 5. The Morgan fingerprint density at radius 3 is 2.81 bits per heavy atom. The predicted octanol–water partition coefficient (Wildman–Crippen LogP) is 1.64. The number of fused-ring (bicyclic) bond motifs is 1. The summed E-state index contributed by atoms with van der Waals surface area (Å²) < 4.78 is 10.3. The molecule has 1 amide bonds. The number of aliphatic hydroxyl groups is 1. The molecule has 148 valence electrons. The monoisotopic (exact) mass is 374 g/mol. The van der Waals surface area contributed by atoms with Crippen LogP contribution in [-0.2, 0) is 9.53 Å². The van der Waals surface area contributed by atoms with Crippen LogP contribution in [0.1, 0.15) is 18.4 Å². The van der Waals surface area contributed by atoms with E-state index in [2.05, 4.69) is 17.1 Å². The number of benzene rings is 1. The topological polar surface area (TPSA) is 62.2 Å². The highest BCUT2D eigenvalue weighted by Crippen LogP contribution is 2.35. The molecular weight excluding hydrogens is 344 g/mol. The van der Waals surface area contributed by atoms with Gasteiger partial charge in [-0.3, -0.25) is 9.69 Å². The van der Waals surface area contributed by atoms with Crippen LogP contribution in [0, 0.1) is 5.92 Å². The summed E-state index contributed by atoms with van der Waals surface area (Å²) in [4.78, 5) is 16.3. The Balaban J connectivity index is 1.58. The van der Waals surface area contributed by atoms with Crippen molar-refractivity contribution in [1.29, 1.82) is 0 Å². The van der Waals surface area contributed by atoms with E-state index in [1.807, 2.05) is 29.2 Å². The van der Waals surface area contributed by atoms with E-state index < -0.39 is 5.60 Å². The molecule has 2 atom stereocenters. The second-order valence-corrected chi connectivity index (χ2v) is 7.48. The Morgan fingerprint density at radius 1 is 1.26 bits per heavy atom. The van der Waals surface area contributed by atoms with Gasteiger partial charge in [0.2, 0.25) is 5.91 Å². The van der Waals surface area contributed by atoms with Gasteiger partial charge in [-0.05, 0) is 18.9 Å². The summed E-state index contributed by atoms with van der Waals surface area (Å²) in [5, 5.41) is 11.0. The molecule has 2 aliphatic heterocycles. The minimum absolute atomic E-state index is 0.00717. The van der Waals surface area contributed by atoms with Crippen molar-refractivity contribution in [2.45, 2.75) is 18.4 Å². The van der Waals surface area contributed by atoms with Gasteiger partial charge in [0.25, 0.3) is 0 Å². The minimum atomic E-state index is -0.646. The summed E-state index contributed by atoms with van der Waals surface area (Å²) in [6.07, 6.45) is 5.62. The first-order chi connectivity index (χ1) is 13.1. The number of ether oxygens (including phenoxy) is 2. The first kappa shape index (κ1) is 19.9. The van der Waals surface area contributed by atoms with E-state index in [0.717, 1.165) is 37.4 Å². The molecular formula is C21H30N2O4. The summed E-state index contributed by atoms with van der Waals surface area (Å²) in [7, 11) is 3.21. The molecule has 3 rings (SSSR count). The number of piperidine rings is 2. The van der Waals surface area contributed by atoms with E-state index in [-0.39, 0.29) is 18.4 Å². The van der Waals surface area contributed by atoms with Crippen molar-refractivity contribution in [2.24, 2.45) is 5.92 Å². The number of amides is 1. The number of hydrogen-bond donors (Lipinski definition) is 1. The predicted molar refractivity (Wildman–Crippen MR) is 105 cm³/mol. The van der Waals surface area contributed by atoms with Crippen molar-refractivity contribution in [3.63, 3.8) is 0 Å². The molecule has 1 N–H and O–H groups in total. The number of carbonyl (C=O) groups is 1. The third-order valence-electron chi connectivity index (χ3n) is 5.78. The Hall–Kier alpha value is -1.89. The van der Waals surface area contributed by atoms with Crippen molar-refractivity contribution < 1.29 is 19.4 Å². The molecule has 6 nitrogen and oxygen atoms in total. The van der Waals surface area contributed by atoms with E-state index in [9.17, 15) is 9.90 Å². The van der Waals surface area contributed by atoms with Crippen LogP contribution in [0.3, 0.4) is 0 Å². The third-order valence-corrected chi connectivity index (χ3v) is 5.78. The molecule has 2 saturated heterocycles. The van der Waals surface area contributed by atoms with Crippen LogP contribution in [0.2, 0.25) is 0 Å². The number of likely N-dealkylation sites (tertiary alicyclic amines) is 2. The van der Waals surface area contributed by atoms with Crippen LogP contribution >= 0.6 is 0 Å². The van der Waals surface area contributed by atoms with E-state index >= 15 is 0 Å². The van der Waals surface area contributed by atoms with Crippen LogP contribution in [0.25, 0.3) is 6.08 Å². The molecule has 0 bridgehead atoms. The zero-order valence-electron chi connectivity index (χ0n) is 16.3. The Morgan fingerprint density at radius 2 is 2.04 bits per heavy atom. The van der Waals surface area contributed by atoms with Crippen LogP contribution in [0.15, 0.2) is 30.3 Å². The molecule has 6 heteroatoms. The van der Waals surface area contributed by atoms with Gasteiger partial charge in [0.1, 0.15) is 12.4 Å². The highest BCUT2D eigenvalue weighted by molar-refractivity contribution is 5.77. The van der Waals surface area contributed by atoms with E-state index in [0.29, 0.717) is 19.5 Å². The summed E-state index contributed by atoms with van der Waals surface area (Å²) in [5.74, 6) is 0.953. The SMILES string of the molecule is COCC(=O)N1CC[C@]2(O)CCN(C/C=C/c3ccccc3OC)C[C@@H]2C1. The fourth-order valence-electron chi connectivity index (χ4n) is 4.11. The molecule has 1 aromatic rings. The lowest BCUT2D eigenvalue weighted by Gasteiger charge is -2.50. The van der Waals surface area contributed by atoms with E-state index in [1.54, 1.807) is 7.11 Å². The zero-order chi connectivity index (χ0) is 19.3. The number of nitrogens with zero attached hydrogens (tertiary/aromatic N) is 2. The normalized spacial score (nSPS) is 26.2. The van der Waals surface area contributed by atoms with Gasteiger partial charge in [0, 0.05) is 51.3 Å². The summed E-state index contributed by atoms with van der Waals surface area (Å²) >= 11 is 0. The second-order valence-electron chi connectivity index (χ2n) is 7.48. The van der Waals surface area contributed by atoms with Crippen LogP contribution in [-0.4, -0.2) is 80.0 Å². The van der Waals surface area contributed by atoms with Crippen molar-refractivity contribution in [2.75, 3.05) is 53.6 Å². The number of para-hydroxylation sites is 1. The molecule has 0 aromatic heterocycles. The molecule has 2 fully saturated rings. The van der Waals surface area contributed by atoms with Crippen LogP contribution < -0.4 is 4.74 Å². The maximum absolute atomic E-state index is 12.1. The molecule has 0 aliphatic carbocycles. The average Bonchev–Trinajstić information content (AvgIpc) is 2.68. The van der Waals surface area contributed by atoms with Crippen LogP contribution in [0.5, 0.6) is 5.75 Å². The number of rotatable bonds is 6. The number of carbonyl (C=O) groups excluding carboxylic acids is 1. The highest BCUT2D eigenvalue weighted by Gasteiger charge is 2.45. The Kier molecular flexibility index (Phi) is 6.52. The fraction of sp³-hybridized carbons (Fsp3) is 0.571. The summed E-state index contributed by atoms with van der Waals surface area (Å²) in [6, 6.07) is 7.94. The molecule has 0 radical (unpaired) electrons. The van der Waals surface area contributed by atoms with Crippen molar-refractivity contribution in [1.82, 2.24) is 9.80 Å². The Labute approximate surface area is 161 Å². The van der Waals surface area contributed by atoms with Gasteiger partial charge in [-0.15, -0.1) is 0 Å². The van der Waals surface area contributed by atoms with E-state index in [4.69, 9.17) is 9.47 Å². The van der Waals surface area contributed by atoms with Gasteiger partial charge in [0.15, 0.2) is 0 Å². The van der Waals surface area contributed by atoms with Crippen LogP contribution in [0.4, 0.5) is 0 Å². The third kappa shape index (κ3) is 4.69. The lowest BCUT2D eigenvalue weighted by Crippen LogP contribution is -2.60. The molecule has 0 unspecified atom stereocenters. The lowest BCUT2D eigenvalue weighted by atomic mass is 9.75. The first-order valence-electron chi connectivity index (χ1n) is 9.57. The molecule has 1 aromatic carbocycles. The summed E-state index contributed by atoms with van der Waals surface area (Å²) in [6.45, 7) is 3.81. The second kappa shape index (κ2) is 8.87. The molecule has 2 heterocycles. The average molecular weight is 374 g/mol. The number of methoxy groups -OCH3 is 2. The van der Waals surface area contributed by atoms with Gasteiger partial charge in [-0.25, -0.2) is 0 Å². The highest BCUT2D eigenvalue weighted by atomic mass is 16.5. The fourth-order valence-corrected chi connectivity index (χ4v) is 4.11. The van der Waals surface area contributed by atoms with Crippen molar-refractivity contribution in [3.8, 4) is 5.75 Å². The standard InChI is InChI=1S/C21H30N2O4/c1-26-16-20(24)23-13-10-21(25)9-12-22(14-18(21)15-23)11-5-7-17-6-3-4-8-19(17)27-2/h3-8,18,25H,9-16H2,1-2H3/b7-5+/t18-,21-/m1/s1.